The molecule has 0 bridgehead atoms. The lowest BCUT2D eigenvalue weighted by atomic mass is 10.3. The molecule has 0 unspecified atom stereocenters. The van der Waals surface area contributed by atoms with Gasteiger partial charge in [0.1, 0.15) is 36.4 Å². The van der Waals surface area contributed by atoms with Crippen LogP contribution >= 0.6 is 0 Å². The van der Waals surface area contributed by atoms with Crippen molar-refractivity contribution in [3.8, 4) is 11.5 Å². The van der Waals surface area contributed by atoms with E-state index in [0.29, 0.717) is 32.9 Å². The Morgan fingerprint density at radius 2 is 1.88 bits per heavy atom. The highest BCUT2D eigenvalue weighted by atomic mass is 16.6. The molecule has 0 saturated carbocycles. The molecule has 2 aliphatic heterocycles. The molecular weight excluding hydrogens is 326 g/mol. The van der Waals surface area contributed by atoms with Crippen molar-refractivity contribution < 1.29 is 28.5 Å². The van der Waals surface area contributed by atoms with Gasteiger partial charge in [0, 0.05) is 25.8 Å². The van der Waals surface area contributed by atoms with Crippen LogP contribution in [0.5, 0.6) is 11.5 Å². The maximum absolute atomic E-state index is 12.1. The average molecular weight is 351 g/mol. The molecule has 7 nitrogen and oxygen atoms in total. The molecular formula is C18H25NO6. The third kappa shape index (κ3) is 4.62. The third-order valence-corrected chi connectivity index (χ3v) is 4.33. The van der Waals surface area contributed by atoms with Gasteiger partial charge in [-0.25, -0.2) is 0 Å². The number of rotatable bonds is 6. The van der Waals surface area contributed by atoms with Gasteiger partial charge in [-0.1, -0.05) is 6.07 Å². The zero-order valence-corrected chi connectivity index (χ0v) is 14.7. The minimum absolute atomic E-state index is 0.0219. The van der Waals surface area contributed by atoms with E-state index in [4.69, 9.17) is 23.7 Å². The lowest BCUT2D eigenvalue weighted by molar-refractivity contribution is -0.135. The number of methoxy groups -OCH3 is 1. The van der Waals surface area contributed by atoms with E-state index >= 15 is 0 Å². The predicted octanol–water partition coefficient (Wildman–Crippen LogP) is 1.11. The first-order chi connectivity index (χ1) is 12.2. The Balaban J connectivity index is 1.51. The van der Waals surface area contributed by atoms with Gasteiger partial charge in [-0.05, 0) is 19.1 Å². The van der Waals surface area contributed by atoms with E-state index < -0.39 is 0 Å². The molecule has 138 valence electrons. The number of fused-ring (bicyclic) bond motifs is 1. The van der Waals surface area contributed by atoms with Crippen molar-refractivity contribution in [3.63, 3.8) is 0 Å². The molecule has 2 atom stereocenters. The molecule has 2 aliphatic rings. The summed E-state index contributed by atoms with van der Waals surface area (Å²) in [7, 11) is 1.62. The number of likely N-dealkylation sites (tertiary alicyclic amines) is 1. The van der Waals surface area contributed by atoms with E-state index in [2.05, 4.69) is 0 Å². The van der Waals surface area contributed by atoms with Crippen LogP contribution in [0.1, 0.15) is 6.92 Å². The number of nitrogens with zero attached hydrogens (tertiary/aromatic N) is 1. The normalized spacial score (nSPS) is 23.8. The Kier molecular flexibility index (Phi) is 6.12. The van der Waals surface area contributed by atoms with Gasteiger partial charge < -0.3 is 28.6 Å². The van der Waals surface area contributed by atoms with Crippen molar-refractivity contribution in [3.05, 3.63) is 24.3 Å². The Labute approximate surface area is 147 Å². The van der Waals surface area contributed by atoms with Crippen molar-refractivity contribution in [1.29, 1.82) is 0 Å². The molecule has 0 radical (unpaired) electrons. The van der Waals surface area contributed by atoms with E-state index in [0.717, 1.165) is 11.5 Å². The molecule has 25 heavy (non-hydrogen) atoms. The predicted molar refractivity (Wildman–Crippen MR) is 90.0 cm³/mol. The van der Waals surface area contributed by atoms with Crippen LogP contribution in [0.25, 0.3) is 0 Å². The summed E-state index contributed by atoms with van der Waals surface area (Å²) in [4.78, 5) is 13.8. The molecule has 0 aromatic heterocycles. The fourth-order valence-corrected chi connectivity index (χ4v) is 2.99. The van der Waals surface area contributed by atoms with Crippen LogP contribution < -0.4 is 9.47 Å². The quantitative estimate of drug-likeness (QED) is 0.765. The smallest absolute Gasteiger partial charge is 0.248 e. The van der Waals surface area contributed by atoms with Gasteiger partial charge in [0.05, 0.1) is 20.3 Å². The van der Waals surface area contributed by atoms with E-state index in [1.54, 1.807) is 12.0 Å². The Bertz CT molecular complexity index is 564. The third-order valence-electron chi connectivity index (χ3n) is 4.33. The standard InChI is InChI=1S/C18H25NO6/c1-3-22-12-18(20)19-8-16-17(9-19)24-11-15(10-23-16)25-14-6-4-5-13(7-14)21-2/h4-7,15-17H,3,8-12H2,1-2H3/t16-,17-/m0/s1. The second-order valence-electron chi connectivity index (χ2n) is 6.10. The van der Waals surface area contributed by atoms with Crippen molar-refractivity contribution in [2.24, 2.45) is 0 Å². The van der Waals surface area contributed by atoms with E-state index in [9.17, 15) is 4.79 Å². The maximum atomic E-state index is 12.1. The lowest BCUT2D eigenvalue weighted by Gasteiger charge is -2.19. The summed E-state index contributed by atoms with van der Waals surface area (Å²) in [5.74, 6) is 1.44. The number of carbonyl (C=O) groups excluding carboxylic acids is 1. The van der Waals surface area contributed by atoms with Crippen molar-refractivity contribution >= 4 is 5.91 Å². The molecule has 1 amide bonds. The highest BCUT2D eigenvalue weighted by Gasteiger charge is 2.39. The van der Waals surface area contributed by atoms with Gasteiger partial charge in [-0.15, -0.1) is 0 Å². The topological polar surface area (TPSA) is 66.5 Å². The molecule has 0 spiro atoms. The maximum Gasteiger partial charge on any atom is 0.248 e. The summed E-state index contributed by atoms with van der Waals surface area (Å²) in [5.41, 5.74) is 0. The van der Waals surface area contributed by atoms with Crippen LogP contribution in [0, 0.1) is 0 Å². The lowest BCUT2D eigenvalue weighted by Crippen LogP contribution is -2.35. The minimum atomic E-state index is -0.190. The highest BCUT2D eigenvalue weighted by Crippen LogP contribution is 2.24. The fourth-order valence-electron chi connectivity index (χ4n) is 2.99. The molecule has 2 fully saturated rings. The second kappa shape index (κ2) is 8.51. The van der Waals surface area contributed by atoms with Gasteiger partial charge >= 0.3 is 0 Å². The number of benzene rings is 1. The monoisotopic (exact) mass is 351 g/mol. The SMILES string of the molecule is CCOCC(=O)N1C[C@@H]2OCC(Oc3cccc(OC)c3)CO[C@H]2C1. The Morgan fingerprint density at radius 3 is 2.52 bits per heavy atom. The van der Waals surface area contributed by atoms with Gasteiger partial charge in [0.25, 0.3) is 0 Å². The first-order valence-corrected chi connectivity index (χ1v) is 8.59. The summed E-state index contributed by atoms with van der Waals surface area (Å²) in [6.07, 6.45) is -0.431. The largest absolute Gasteiger partial charge is 0.497 e. The van der Waals surface area contributed by atoms with Gasteiger partial charge in [-0.2, -0.15) is 0 Å². The molecule has 7 heteroatoms. The van der Waals surface area contributed by atoms with Crippen LogP contribution in [0.3, 0.4) is 0 Å². The van der Waals surface area contributed by atoms with Crippen LogP contribution in [0.15, 0.2) is 24.3 Å². The first kappa shape index (κ1) is 18.0. The van der Waals surface area contributed by atoms with Gasteiger partial charge in [0.15, 0.2) is 0 Å². The van der Waals surface area contributed by atoms with Crippen LogP contribution in [-0.2, 0) is 19.0 Å². The fraction of sp³-hybridized carbons (Fsp3) is 0.611. The van der Waals surface area contributed by atoms with Crippen molar-refractivity contribution in [2.75, 3.05) is 46.6 Å². The molecule has 3 rings (SSSR count). The van der Waals surface area contributed by atoms with E-state index in [1.165, 1.54) is 0 Å². The zero-order chi connectivity index (χ0) is 17.6. The zero-order valence-electron chi connectivity index (χ0n) is 14.7. The van der Waals surface area contributed by atoms with E-state index in [-0.39, 0.29) is 30.8 Å². The van der Waals surface area contributed by atoms with Crippen LogP contribution in [0.4, 0.5) is 0 Å². The van der Waals surface area contributed by atoms with Crippen LogP contribution in [0.2, 0.25) is 0 Å². The minimum Gasteiger partial charge on any atom is -0.497 e. The number of hydrogen-bond acceptors (Lipinski definition) is 6. The average Bonchev–Trinajstić information content (AvgIpc) is 2.96. The summed E-state index contributed by atoms with van der Waals surface area (Å²) >= 11 is 0. The number of carbonyl (C=O) groups is 1. The second-order valence-corrected chi connectivity index (χ2v) is 6.10. The molecule has 1 aromatic carbocycles. The molecule has 1 aromatic rings. The summed E-state index contributed by atoms with van der Waals surface area (Å²) < 4.78 is 28.2. The highest BCUT2D eigenvalue weighted by molar-refractivity contribution is 5.77. The number of ether oxygens (including phenoxy) is 5. The molecule has 0 N–H and O–H groups in total. The first-order valence-electron chi connectivity index (χ1n) is 8.59. The Morgan fingerprint density at radius 1 is 1.20 bits per heavy atom. The summed E-state index contributed by atoms with van der Waals surface area (Å²) in [6.45, 7) is 4.42. The number of amides is 1. The molecule has 0 aliphatic carbocycles. The van der Waals surface area contributed by atoms with Gasteiger partial charge in [-0.3, -0.25) is 4.79 Å². The molecule has 2 saturated heterocycles. The summed E-state index contributed by atoms with van der Waals surface area (Å²) in [5, 5.41) is 0. The van der Waals surface area contributed by atoms with Crippen molar-refractivity contribution in [2.45, 2.75) is 25.2 Å². The number of hydrogen-bond donors (Lipinski definition) is 0. The van der Waals surface area contributed by atoms with E-state index in [1.807, 2.05) is 31.2 Å². The van der Waals surface area contributed by atoms with Crippen molar-refractivity contribution in [1.82, 2.24) is 4.90 Å². The molecule has 2 heterocycles. The van der Waals surface area contributed by atoms with Crippen LogP contribution in [-0.4, -0.2) is 75.7 Å². The summed E-state index contributed by atoms with van der Waals surface area (Å²) in [6, 6.07) is 7.45. The van der Waals surface area contributed by atoms with Gasteiger partial charge in [0.2, 0.25) is 5.91 Å². The Hall–Kier alpha value is -1.83.